The zero-order valence-corrected chi connectivity index (χ0v) is 13.0. The smallest absolute Gasteiger partial charge is 0.253 e. The van der Waals surface area contributed by atoms with Crippen LogP contribution in [0.3, 0.4) is 0 Å². The van der Waals surface area contributed by atoms with Crippen LogP contribution in [0.4, 0.5) is 5.95 Å². The summed E-state index contributed by atoms with van der Waals surface area (Å²) in [5.41, 5.74) is 0.725. The number of benzene rings is 1. The molecule has 0 N–H and O–H groups in total. The molecule has 1 aromatic carbocycles. The van der Waals surface area contributed by atoms with E-state index in [0.717, 1.165) is 29.1 Å². The van der Waals surface area contributed by atoms with Crippen LogP contribution in [0.15, 0.2) is 47.2 Å². The van der Waals surface area contributed by atoms with Gasteiger partial charge in [-0.1, -0.05) is 15.9 Å². The molecule has 2 heterocycles. The van der Waals surface area contributed by atoms with Crippen molar-refractivity contribution in [2.75, 3.05) is 31.1 Å². The standard InChI is InChI=1S/C15H15BrN4O/c16-13-4-2-12(3-5-13)14(21)19-8-10-20(11-9-19)15-17-6-1-7-18-15/h1-7H,8-11H2. The molecule has 1 aromatic heterocycles. The fraction of sp³-hybridized carbons (Fsp3) is 0.267. The van der Waals surface area contributed by atoms with Gasteiger partial charge in [-0.15, -0.1) is 0 Å². The van der Waals surface area contributed by atoms with Gasteiger partial charge in [0.15, 0.2) is 0 Å². The van der Waals surface area contributed by atoms with Crippen LogP contribution >= 0.6 is 15.9 Å². The van der Waals surface area contributed by atoms with Gasteiger partial charge in [0.05, 0.1) is 0 Å². The number of hydrogen-bond donors (Lipinski definition) is 0. The van der Waals surface area contributed by atoms with E-state index in [1.807, 2.05) is 29.2 Å². The molecule has 2 aromatic rings. The highest BCUT2D eigenvalue weighted by Crippen LogP contribution is 2.15. The Hall–Kier alpha value is -1.95. The van der Waals surface area contributed by atoms with E-state index in [4.69, 9.17) is 0 Å². The van der Waals surface area contributed by atoms with Gasteiger partial charge < -0.3 is 9.80 Å². The molecule has 6 heteroatoms. The zero-order chi connectivity index (χ0) is 14.7. The van der Waals surface area contributed by atoms with E-state index in [9.17, 15) is 4.79 Å². The Morgan fingerprint density at radius 3 is 2.24 bits per heavy atom. The summed E-state index contributed by atoms with van der Waals surface area (Å²) >= 11 is 3.38. The van der Waals surface area contributed by atoms with E-state index in [2.05, 4.69) is 30.8 Å². The quantitative estimate of drug-likeness (QED) is 0.836. The molecular formula is C15H15BrN4O. The maximum atomic E-state index is 12.4. The lowest BCUT2D eigenvalue weighted by atomic mass is 10.2. The second-order valence-corrected chi connectivity index (χ2v) is 5.75. The number of carbonyl (C=O) groups is 1. The van der Waals surface area contributed by atoms with Crippen molar-refractivity contribution in [3.63, 3.8) is 0 Å². The highest BCUT2D eigenvalue weighted by molar-refractivity contribution is 9.10. The zero-order valence-electron chi connectivity index (χ0n) is 11.4. The SMILES string of the molecule is O=C(c1ccc(Br)cc1)N1CCN(c2ncccn2)CC1. The Balaban J connectivity index is 1.63. The van der Waals surface area contributed by atoms with Crippen LogP contribution in [0.1, 0.15) is 10.4 Å². The summed E-state index contributed by atoms with van der Waals surface area (Å²) in [5, 5.41) is 0. The van der Waals surface area contributed by atoms with Gasteiger partial charge in [-0.05, 0) is 30.3 Å². The van der Waals surface area contributed by atoms with E-state index in [-0.39, 0.29) is 5.91 Å². The maximum absolute atomic E-state index is 12.4. The Labute approximate surface area is 131 Å². The summed E-state index contributed by atoms with van der Waals surface area (Å²) in [6.07, 6.45) is 3.48. The molecule has 1 aliphatic heterocycles. The molecule has 1 amide bonds. The minimum absolute atomic E-state index is 0.0798. The second-order valence-electron chi connectivity index (χ2n) is 4.83. The highest BCUT2D eigenvalue weighted by Gasteiger charge is 2.23. The topological polar surface area (TPSA) is 49.3 Å². The highest BCUT2D eigenvalue weighted by atomic mass is 79.9. The van der Waals surface area contributed by atoms with Gasteiger partial charge in [-0.3, -0.25) is 4.79 Å². The average molecular weight is 347 g/mol. The summed E-state index contributed by atoms with van der Waals surface area (Å²) in [6, 6.07) is 9.28. The molecule has 5 nitrogen and oxygen atoms in total. The van der Waals surface area contributed by atoms with E-state index in [1.54, 1.807) is 18.5 Å². The van der Waals surface area contributed by atoms with Gasteiger partial charge >= 0.3 is 0 Å². The number of halogens is 1. The van der Waals surface area contributed by atoms with E-state index in [0.29, 0.717) is 13.1 Å². The predicted octanol–water partition coefficient (Wildman–Crippen LogP) is 2.20. The van der Waals surface area contributed by atoms with Gasteiger partial charge in [0, 0.05) is 48.6 Å². The van der Waals surface area contributed by atoms with Crippen LogP contribution in [0.5, 0.6) is 0 Å². The molecule has 3 rings (SSSR count). The number of amides is 1. The van der Waals surface area contributed by atoms with Crippen molar-refractivity contribution in [2.24, 2.45) is 0 Å². The number of anilines is 1. The van der Waals surface area contributed by atoms with Gasteiger partial charge in [0.1, 0.15) is 0 Å². The third-order valence-electron chi connectivity index (χ3n) is 3.49. The van der Waals surface area contributed by atoms with Crippen molar-refractivity contribution in [2.45, 2.75) is 0 Å². The Bertz CT molecular complexity index is 609. The minimum atomic E-state index is 0.0798. The second kappa shape index (κ2) is 6.22. The van der Waals surface area contributed by atoms with Gasteiger partial charge in [0.25, 0.3) is 5.91 Å². The van der Waals surface area contributed by atoms with Crippen molar-refractivity contribution in [3.05, 3.63) is 52.8 Å². The fourth-order valence-electron chi connectivity index (χ4n) is 2.34. The molecule has 108 valence electrons. The number of nitrogens with zero attached hydrogens (tertiary/aromatic N) is 4. The first-order chi connectivity index (χ1) is 10.2. The molecule has 1 aliphatic rings. The Kier molecular flexibility index (Phi) is 4.15. The predicted molar refractivity (Wildman–Crippen MR) is 84.3 cm³/mol. The summed E-state index contributed by atoms with van der Waals surface area (Å²) in [5.74, 6) is 0.810. The average Bonchev–Trinajstić information content (AvgIpc) is 2.56. The van der Waals surface area contributed by atoms with Crippen LogP contribution in [-0.4, -0.2) is 47.0 Å². The van der Waals surface area contributed by atoms with Crippen LogP contribution in [0, 0.1) is 0 Å². The lowest BCUT2D eigenvalue weighted by Crippen LogP contribution is -2.49. The summed E-state index contributed by atoms with van der Waals surface area (Å²) in [7, 11) is 0. The first-order valence-corrected chi connectivity index (χ1v) is 7.60. The third kappa shape index (κ3) is 3.21. The van der Waals surface area contributed by atoms with Crippen molar-refractivity contribution < 1.29 is 4.79 Å². The number of aromatic nitrogens is 2. The van der Waals surface area contributed by atoms with Crippen molar-refractivity contribution in [1.82, 2.24) is 14.9 Å². The molecule has 0 saturated carbocycles. The maximum Gasteiger partial charge on any atom is 0.253 e. The molecule has 0 atom stereocenters. The van der Waals surface area contributed by atoms with Crippen molar-refractivity contribution >= 4 is 27.8 Å². The first kappa shape index (κ1) is 14.0. The van der Waals surface area contributed by atoms with E-state index in [1.165, 1.54) is 0 Å². The summed E-state index contributed by atoms with van der Waals surface area (Å²) in [4.78, 5) is 24.9. The summed E-state index contributed by atoms with van der Waals surface area (Å²) < 4.78 is 0.977. The number of hydrogen-bond acceptors (Lipinski definition) is 4. The first-order valence-electron chi connectivity index (χ1n) is 6.81. The monoisotopic (exact) mass is 346 g/mol. The molecule has 0 radical (unpaired) electrons. The molecule has 1 fully saturated rings. The van der Waals surface area contributed by atoms with Gasteiger partial charge in [-0.2, -0.15) is 0 Å². The van der Waals surface area contributed by atoms with Crippen LogP contribution in [0.2, 0.25) is 0 Å². The van der Waals surface area contributed by atoms with Crippen LogP contribution < -0.4 is 4.90 Å². The van der Waals surface area contributed by atoms with Gasteiger partial charge in [0.2, 0.25) is 5.95 Å². The lowest BCUT2D eigenvalue weighted by molar-refractivity contribution is 0.0746. The number of rotatable bonds is 2. The Morgan fingerprint density at radius 2 is 1.62 bits per heavy atom. The molecular weight excluding hydrogens is 332 g/mol. The number of piperazine rings is 1. The van der Waals surface area contributed by atoms with Crippen LogP contribution in [-0.2, 0) is 0 Å². The van der Waals surface area contributed by atoms with E-state index >= 15 is 0 Å². The molecule has 0 aliphatic carbocycles. The summed E-state index contributed by atoms with van der Waals surface area (Å²) in [6.45, 7) is 2.89. The third-order valence-corrected chi connectivity index (χ3v) is 4.02. The Morgan fingerprint density at radius 1 is 1.00 bits per heavy atom. The largest absolute Gasteiger partial charge is 0.337 e. The van der Waals surface area contributed by atoms with E-state index < -0.39 is 0 Å². The van der Waals surface area contributed by atoms with Crippen LogP contribution in [0.25, 0.3) is 0 Å². The molecule has 1 saturated heterocycles. The van der Waals surface area contributed by atoms with Gasteiger partial charge in [-0.25, -0.2) is 9.97 Å². The van der Waals surface area contributed by atoms with Crippen molar-refractivity contribution in [1.29, 1.82) is 0 Å². The van der Waals surface area contributed by atoms with Crippen molar-refractivity contribution in [3.8, 4) is 0 Å². The normalized spacial score (nSPS) is 15.1. The molecule has 0 spiro atoms. The number of carbonyl (C=O) groups excluding carboxylic acids is 1. The lowest BCUT2D eigenvalue weighted by Gasteiger charge is -2.34. The fourth-order valence-corrected chi connectivity index (χ4v) is 2.60. The molecule has 0 unspecified atom stereocenters. The minimum Gasteiger partial charge on any atom is -0.337 e. The molecule has 21 heavy (non-hydrogen) atoms. The molecule has 0 bridgehead atoms.